The molecule has 110 valence electrons. The highest BCUT2D eigenvalue weighted by Crippen LogP contribution is 2.36. The van der Waals surface area contributed by atoms with Crippen molar-refractivity contribution in [3.63, 3.8) is 0 Å². The zero-order chi connectivity index (χ0) is 14.1. The van der Waals surface area contributed by atoms with Gasteiger partial charge >= 0.3 is 0 Å². The van der Waals surface area contributed by atoms with Gasteiger partial charge in [-0.25, -0.2) is 0 Å². The molecule has 0 bridgehead atoms. The van der Waals surface area contributed by atoms with Crippen LogP contribution in [0.5, 0.6) is 0 Å². The summed E-state index contributed by atoms with van der Waals surface area (Å²) in [5.74, 6) is 3.39. The maximum Gasteiger partial charge on any atom is 0.193 e. The van der Waals surface area contributed by atoms with Crippen molar-refractivity contribution in [1.29, 1.82) is 0 Å². The maximum absolute atomic E-state index is 4.44. The first-order valence-electron chi connectivity index (χ1n) is 7.61. The number of rotatable bonds is 3. The SMILES string of the molecule is CN=C(NCC1CC1C)N1CCC(c2cnn(C)c2)C1. The summed E-state index contributed by atoms with van der Waals surface area (Å²) >= 11 is 0. The summed E-state index contributed by atoms with van der Waals surface area (Å²) in [6.45, 7) is 5.52. The van der Waals surface area contributed by atoms with E-state index < -0.39 is 0 Å². The predicted molar refractivity (Wildman–Crippen MR) is 80.8 cm³/mol. The molecule has 0 spiro atoms. The number of nitrogens with one attached hydrogen (secondary N) is 1. The quantitative estimate of drug-likeness (QED) is 0.671. The molecule has 1 N–H and O–H groups in total. The van der Waals surface area contributed by atoms with Crippen molar-refractivity contribution in [3.05, 3.63) is 18.0 Å². The first kappa shape index (κ1) is 13.5. The largest absolute Gasteiger partial charge is 0.356 e. The molecule has 5 heteroatoms. The number of guanidine groups is 1. The Morgan fingerprint density at radius 1 is 1.55 bits per heavy atom. The third-order valence-corrected chi connectivity index (χ3v) is 4.69. The molecule has 1 aromatic rings. The van der Waals surface area contributed by atoms with Crippen molar-refractivity contribution >= 4 is 5.96 Å². The Balaban J connectivity index is 1.55. The third kappa shape index (κ3) is 2.81. The van der Waals surface area contributed by atoms with Gasteiger partial charge in [0.1, 0.15) is 0 Å². The molecule has 20 heavy (non-hydrogen) atoms. The lowest BCUT2D eigenvalue weighted by Crippen LogP contribution is -2.40. The Morgan fingerprint density at radius 2 is 2.35 bits per heavy atom. The van der Waals surface area contributed by atoms with E-state index in [1.807, 2.05) is 25.0 Å². The number of nitrogens with zero attached hydrogens (tertiary/aromatic N) is 4. The Morgan fingerprint density at radius 3 is 2.95 bits per heavy atom. The van der Waals surface area contributed by atoms with Crippen LogP contribution in [0.25, 0.3) is 0 Å². The van der Waals surface area contributed by atoms with Gasteiger partial charge in [-0.3, -0.25) is 9.67 Å². The average molecular weight is 275 g/mol. The van der Waals surface area contributed by atoms with Gasteiger partial charge in [0.25, 0.3) is 0 Å². The summed E-state index contributed by atoms with van der Waals surface area (Å²) in [5.41, 5.74) is 1.35. The molecule has 1 saturated heterocycles. The molecule has 0 amide bonds. The summed E-state index contributed by atoms with van der Waals surface area (Å²) in [4.78, 5) is 6.82. The van der Waals surface area contributed by atoms with Gasteiger partial charge in [-0.15, -0.1) is 0 Å². The second-order valence-electron chi connectivity index (χ2n) is 6.28. The minimum Gasteiger partial charge on any atom is -0.356 e. The van der Waals surface area contributed by atoms with Crippen LogP contribution in [0.1, 0.15) is 31.2 Å². The number of aryl methyl sites for hydroxylation is 1. The van der Waals surface area contributed by atoms with Crippen molar-refractivity contribution < 1.29 is 0 Å². The highest BCUT2D eigenvalue weighted by Gasteiger charge is 2.33. The maximum atomic E-state index is 4.44. The molecule has 5 nitrogen and oxygen atoms in total. The van der Waals surface area contributed by atoms with Crippen LogP contribution in [0.2, 0.25) is 0 Å². The van der Waals surface area contributed by atoms with Crippen LogP contribution in [0.3, 0.4) is 0 Å². The van der Waals surface area contributed by atoms with Crippen molar-refractivity contribution in [3.8, 4) is 0 Å². The van der Waals surface area contributed by atoms with Gasteiger partial charge in [0.15, 0.2) is 5.96 Å². The number of aromatic nitrogens is 2. The monoisotopic (exact) mass is 275 g/mol. The molecule has 1 saturated carbocycles. The van der Waals surface area contributed by atoms with Crippen LogP contribution in [-0.4, -0.2) is 47.3 Å². The smallest absolute Gasteiger partial charge is 0.193 e. The molecule has 3 atom stereocenters. The van der Waals surface area contributed by atoms with Crippen LogP contribution in [-0.2, 0) is 7.05 Å². The van der Waals surface area contributed by atoms with E-state index >= 15 is 0 Å². The summed E-state index contributed by atoms with van der Waals surface area (Å²) < 4.78 is 1.89. The number of hydrogen-bond acceptors (Lipinski definition) is 2. The van der Waals surface area contributed by atoms with E-state index in [0.29, 0.717) is 5.92 Å². The molecule has 2 aliphatic rings. The molecule has 1 aliphatic carbocycles. The predicted octanol–water partition coefficient (Wildman–Crippen LogP) is 1.44. The van der Waals surface area contributed by atoms with E-state index in [1.165, 1.54) is 18.4 Å². The van der Waals surface area contributed by atoms with Crippen molar-refractivity contribution in [2.45, 2.75) is 25.7 Å². The Kier molecular flexibility index (Phi) is 3.68. The van der Waals surface area contributed by atoms with E-state index in [0.717, 1.165) is 37.4 Å². The molecule has 2 heterocycles. The standard InChI is InChI=1S/C15H25N5/c1-11-6-13(11)7-17-15(16-2)20-5-4-12(10-20)14-8-18-19(3)9-14/h8-9,11-13H,4-7,10H2,1-3H3,(H,16,17). The molecular weight excluding hydrogens is 250 g/mol. The second kappa shape index (κ2) is 5.46. The molecule has 1 aromatic heterocycles. The minimum atomic E-state index is 0.585. The fraction of sp³-hybridized carbons (Fsp3) is 0.733. The van der Waals surface area contributed by atoms with Crippen molar-refractivity contribution in [2.24, 2.45) is 23.9 Å². The zero-order valence-electron chi connectivity index (χ0n) is 12.7. The molecule has 3 unspecified atom stereocenters. The lowest BCUT2D eigenvalue weighted by molar-refractivity contribution is 0.482. The second-order valence-corrected chi connectivity index (χ2v) is 6.28. The number of likely N-dealkylation sites (tertiary alicyclic amines) is 1. The normalized spacial score (nSPS) is 29.9. The molecule has 1 aliphatic heterocycles. The topological polar surface area (TPSA) is 45.5 Å². The lowest BCUT2D eigenvalue weighted by Gasteiger charge is -2.21. The fourth-order valence-corrected chi connectivity index (χ4v) is 3.11. The molecule has 0 radical (unpaired) electrons. The first-order chi connectivity index (χ1) is 9.67. The van der Waals surface area contributed by atoms with E-state index in [-0.39, 0.29) is 0 Å². The van der Waals surface area contributed by atoms with Gasteiger partial charge in [-0.1, -0.05) is 6.92 Å². The van der Waals surface area contributed by atoms with Gasteiger partial charge in [0, 0.05) is 45.8 Å². The highest BCUT2D eigenvalue weighted by molar-refractivity contribution is 5.80. The van der Waals surface area contributed by atoms with Crippen LogP contribution in [0.15, 0.2) is 17.4 Å². The molecule has 2 fully saturated rings. The minimum absolute atomic E-state index is 0.585. The summed E-state index contributed by atoms with van der Waals surface area (Å²) in [6.07, 6.45) is 6.68. The van der Waals surface area contributed by atoms with E-state index in [1.54, 1.807) is 0 Å². The Bertz CT molecular complexity index is 492. The van der Waals surface area contributed by atoms with E-state index in [9.17, 15) is 0 Å². The van der Waals surface area contributed by atoms with Gasteiger partial charge in [-0.05, 0) is 30.2 Å². The highest BCUT2D eigenvalue weighted by atomic mass is 15.3. The van der Waals surface area contributed by atoms with Crippen molar-refractivity contribution in [2.75, 3.05) is 26.7 Å². The van der Waals surface area contributed by atoms with Crippen LogP contribution >= 0.6 is 0 Å². The van der Waals surface area contributed by atoms with Crippen molar-refractivity contribution in [1.82, 2.24) is 20.0 Å². The Labute approximate surface area is 121 Å². The van der Waals surface area contributed by atoms with Gasteiger partial charge in [0.05, 0.1) is 6.20 Å². The van der Waals surface area contributed by atoms with Crippen LogP contribution in [0, 0.1) is 11.8 Å². The molecule has 0 aromatic carbocycles. The van der Waals surface area contributed by atoms with E-state index in [2.05, 4.69) is 33.4 Å². The molecule has 3 rings (SSSR count). The third-order valence-electron chi connectivity index (χ3n) is 4.69. The zero-order valence-corrected chi connectivity index (χ0v) is 12.7. The van der Waals surface area contributed by atoms with Gasteiger partial charge in [0.2, 0.25) is 0 Å². The van der Waals surface area contributed by atoms with Crippen LogP contribution < -0.4 is 5.32 Å². The summed E-state index contributed by atoms with van der Waals surface area (Å²) in [6, 6.07) is 0. The van der Waals surface area contributed by atoms with Gasteiger partial charge < -0.3 is 10.2 Å². The van der Waals surface area contributed by atoms with Crippen LogP contribution in [0.4, 0.5) is 0 Å². The number of aliphatic imine (C=N–C) groups is 1. The first-order valence-corrected chi connectivity index (χ1v) is 7.61. The summed E-state index contributed by atoms with van der Waals surface area (Å²) in [5, 5.41) is 7.82. The average Bonchev–Trinajstić information content (AvgIpc) is 2.86. The molecular formula is C15H25N5. The fourth-order valence-electron chi connectivity index (χ4n) is 3.11. The number of hydrogen-bond donors (Lipinski definition) is 1. The van der Waals surface area contributed by atoms with Gasteiger partial charge in [-0.2, -0.15) is 5.10 Å². The summed E-state index contributed by atoms with van der Waals surface area (Å²) in [7, 11) is 3.86. The Hall–Kier alpha value is -1.52. The van der Waals surface area contributed by atoms with E-state index in [4.69, 9.17) is 0 Å². The lowest BCUT2D eigenvalue weighted by atomic mass is 10.0.